The van der Waals surface area contributed by atoms with Crippen LogP contribution in [0.15, 0.2) is 78.9 Å². The highest BCUT2D eigenvalue weighted by Gasteiger charge is 2.34. The first kappa shape index (κ1) is 30.8. The number of anilines is 1. The van der Waals surface area contributed by atoms with E-state index in [1.54, 1.807) is 30.3 Å². The zero-order valence-electron chi connectivity index (χ0n) is 23.5. The molecule has 3 aromatic carbocycles. The van der Waals surface area contributed by atoms with E-state index in [0.29, 0.717) is 18.5 Å². The van der Waals surface area contributed by atoms with E-state index in [-0.39, 0.29) is 30.5 Å². The minimum Gasteiger partial charge on any atom is -0.352 e. The lowest BCUT2D eigenvalue weighted by Crippen LogP contribution is -2.54. The Morgan fingerprint density at radius 1 is 0.900 bits per heavy atom. The number of halogens is 1. The Hall–Kier alpha value is -3.72. The predicted molar refractivity (Wildman–Crippen MR) is 157 cm³/mol. The van der Waals surface area contributed by atoms with Gasteiger partial charge in [0.15, 0.2) is 0 Å². The fourth-order valence-corrected chi connectivity index (χ4v) is 5.33. The van der Waals surface area contributed by atoms with Crippen molar-refractivity contribution in [3.05, 3.63) is 101 Å². The fraction of sp³-hybridized carbons (Fsp3) is 0.355. The third kappa shape index (κ3) is 8.14. The van der Waals surface area contributed by atoms with Crippen molar-refractivity contribution in [3.63, 3.8) is 0 Å². The molecule has 7 nitrogen and oxygen atoms in total. The molecule has 9 heteroatoms. The van der Waals surface area contributed by atoms with Crippen molar-refractivity contribution >= 4 is 27.5 Å². The number of nitrogens with one attached hydrogen (secondary N) is 1. The summed E-state index contributed by atoms with van der Waals surface area (Å²) in [7, 11) is -3.88. The highest BCUT2D eigenvalue weighted by atomic mass is 32.2. The van der Waals surface area contributed by atoms with Crippen molar-refractivity contribution in [3.8, 4) is 0 Å². The van der Waals surface area contributed by atoms with E-state index >= 15 is 0 Å². The molecule has 0 radical (unpaired) electrons. The summed E-state index contributed by atoms with van der Waals surface area (Å²) in [6.07, 6.45) is 2.46. The minimum atomic E-state index is -3.88. The van der Waals surface area contributed by atoms with Crippen LogP contribution in [-0.4, -0.2) is 50.0 Å². The predicted octanol–water partition coefficient (Wildman–Crippen LogP) is 4.71. The van der Waals surface area contributed by atoms with E-state index in [9.17, 15) is 22.4 Å². The normalized spacial score (nSPS) is 12.8. The van der Waals surface area contributed by atoms with Gasteiger partial charge in [-0.1, -0.05) is 80.6 Å². The number of carbonyl (C=O) groups excluding carboxylic acids is 2. The molecule has 3 aromatic rings. The molecule has 0 aromatic heterocycles. The first-order valence-corrected chi connectivity index (χ1v) is 15.3. The van der Waals surface area contributed by atoms with Gasteiger partial charge in [0.05, 0.1) is 11.9 Å². The molecule has 0 aliphatic heterocycles. The summed E-state index contributed by atoms with van der Waals surface area (Å²) >= 11 is 0. The van der Waals surface area contributed by atoms with Gasteiger partial charge in [-0.25, -0.2) is 12.8 Å². The number of para-hydroxylation sites is 1. The molecular weight excluding hydrogens is 529 g/mol. The summed E-state index contributed by atoms with van der Waals surface area (Å²) in [5, 5.41) is 2.96. The molecule has 0 aliphatic rings. The van der Waals surface area contributed by atoms with Gasteiger partial charge in [-0.15, -0.1) is 0 Å². The molecular formula is C31H38FN3O4S. The number of benzene rings is 3. The highest BCUT2D eigenvalue weighted by Crippen LogP contribution is 2.25. The van der Waals surface area contributed by atoms with Crippen molar-refractivity contribution in [2.45, 2.75) is 58.7 Å². The number of hydrogen-bond donors (Lipinski definition) is 1. The Morgan fingerprint density at radius 3 is 2.10 bits per heavy atom. The Kier molecular flexibility index (Phi) is 10.8. The number of carbonyl (C=O) groups is 2. The Labute approximate surface area is 237 Å². The number of aryl methyl sites for hydroxylation is 1. The summed E-state index contributed by atoms with van der Waals surface area (Å²) in [6, 6.07) is 21.2. The van der Waals surface area contributed by atoms with Crippen molar-refractivity contribution in [2.24, 2.45) is 0 Å². The number of amides is 2. The maximum absolute atomic E-state index is 14.8. The van der Waals surface area contributed by atoms with E-state index < -0.39 is 34.3 Å². The average molecular weight is 568 g/mol. The van der Waals surface area contributed by atoms with Crippen LogP contribution >= 0.6 is 0 Å². The zero-order valence-corrected chi connectivity index (χ0v) is 24.3. The third-order valence-electron chi connectivity index (χ3n) is 6.89. The van der Waals surface area contributed by atoms with Crippen molar-refractivity contribution in [1.82, 2.24) is 10.2 Å². The van der Waals surface area contributed by atoms with Crippen molar-refractivity contribution in [2.75, 3.05) is 17.1 Å². The molecule has 2 atom stereocenters. The molecule has 40 heavy (non-hydrogen) atoms. The fourth-order valence-electron chi connectivity index (χ4n) is 4.45. The van der Waals surface area contributed by atoms with E-state index in [1.807, 2.05) is 63.2 Å². The van der Waals surface area contributed by atoms with Crippen LogP contribution in [0.4, 0.5) is 10.1 Å². The molecule has 0 heterocycles. The molecule has 0 bridgehead atoms. The summed E-state index contributed by atoms with van der Waals surface area (Å²) in [4.78, 5) is 29.1. The monoisotopic (exact) mass is 567 g/mol. The first-order chi connectivity index (χ1) is 19.0. The number of hydrogen-bond acceptors (Lipinski definition) is 4. The van der Waals surface area contributed by atoms with Gasteiger partial charge >= 0.3 is 0 Å². The largest absolute Gasteiger partial charge is 0.352 e. The second-order valence-corrected chi connectivity index (χ2v) is 11.8. The maximum atomic E-state index is 14.8. The van der Waals surface area contributed by atoms with Crippen LogP contribution in [0.25, 0.3) is 0 Å². The Balaban J connectivity index is 2.09. The van der Waals surface area contributed by atoms with Gasteiger partial charge in [0.2, 0.25) is 21.8 Å². The molecule has 214 valence electrons. The average Bonchev–Trinajstić information content (AvgIpc) is 2.94. The SMILES string of the molecule is CCc1ccccc1N(CC(=O)N(Cc1ccccc1F)[C@H](Cc1ccccc1)C(=O)N[C@H](C)CC)S(C)(=O)=O. The molecule has 0 saturated carbocycles. The Morgan fingerprint density at radius 2 is 1.50 bits per heavy atom. The second kappa shape index (κ2) is 14.1. The topological polar surface area (TPSA) is 86.8 Å². The molecule has 1 N–H and O–H groups in total. The van der Waals surface area contributed by atoms with Crippen LogP contribution < -0.4 is 9.62 Å². The zero-order chi connectivity index (χ0) is 29.3. The molecule has 3 rings (SSSR count). The lowest BCUT2D eigenvalue weighted by molar-refractivity contribution is -0.140. The van der Waals surface area contributed by atoms with Crippen LogP contribution in [0.3, 0.4) is 0 Å². The van der Waals surface area contributed by atoms with Crippen LogP contribution in [0, 0.1) is 5.82 Å². The van der Waals surface area contributed by atoms with Gasteiger partial charge in [0, 0.05) is 24.6 Å². The number of nitrogens with zero attached hydrogens (tertiary/aromatic N) is 2. The molecule has 2 amide bonds. The van der Waals surface area contributed by atoms with E-state index in [2.05, 4.69) is 5.32 Å². The van der Waals surface area contributed by atoms with Crippen molar-refractivity contribution < 1.29 is 22.4 Å². The second-order valence-electron chi connectivity index (χ2n) is 9.89. The quantitative estimate of drug-likeness (QED) is 0.324. The van der Waals surface area contributed by atoms with Gasteiger partial charge in [-0.2, -0.15) is 0 Å². The van der Waals surface area contributed by atoms with Crippen LogP contribution in [-0.2, 0) is 39.0 Å². The lowest BCUT2D eigenvalue weighted by atomic mass is 10.0. The van der Waals surface area contributed by atoms with Crippen LogP contribution in [0.5, 0.6) is 0 Å². The first-order valence-electron chi connectivity index (χ1n) is 13.5. The summed E-state index contributed by atoms with van der Waals surface area (Å²) in [5.41, 5.74) is 2.20. The lowest BCUT2D eigenvalue weighted by Gasteiger charge is -2.34. The van der Waals surface area contributed by atoms with Gasteiger partial charge in [-0.3, -0.25) is 13.9 Å². The third-order valence-corrected chi connectivity index (χ3v) is 8.02. The summed E-state index contributed by atoms with van der Waals surface area (Å²) in [5.74, 6) is -1.51. The standard InChI is InChI=1S/C31H38FN3O4S/c1-5-23(3)33-31(37)29(20-24-14-8-7-9-15-24)34(21-26-17-10-12-18-27(26)32)30(36)22-35(40(4,38)39)28-19-13-11-16-25(28)6-2/h7-19,23,29H,5-6,20-22H2,1-4H3,(H,33,37)/t23-,29-/m1/s1. The molecule has 0 saturated heterocycles. The minimum absolute atomic E-state index is 0.153. The molecule has 0 fully saturated rings. The van der Waals surface area contributed by atoms with Gasteiger partial charge in [0.25, 0.3) is 0 Å². The van der Waals surface area contributed by atoms with Gasteiger partial charge in [-0.05, 0) is 43.0 Å². The van der Waals surface area contributed by atoms with Gasteiger partial charge in [0.1, 0.15) is 18.4 Å². The van der Waals surface area contributed by atoms with E-state index in [4.69, 9.17) is 0 Å². The maximum Gasteiger partial charge on any atom is 0.244 e. The highest BCUT2D eigenvalue weighted by molar-refractivity contribution is 7.92. The smallest absolute Gasteiger partial charge is 0.244 e. The summed E-state index contributed by atoms with van der Waals surface area (Å²) < 4.78 is 41.8. The van der Waals surface area contributed by atoms with E-state index in [0.717, 1.165) is 21.7 Å². The van der Waals surface area contributed by atoms with E-state index in [1.165, 1.54) is 11.0 Å². The summed E-state index contributed by atoms with van der Waals surface area (Å²) in [6.45, 7) is 4.97. The molecule has 0 unspecified atom stereocenters. The number of rotatable bonds is 13. The molecule has 0 aliphatic carbocycles. The van der Waals surface area contributed by atoms with Crippen molar-refractivity contribution in [1.29, 1.82) is 0 Å². The Bertz CT molecular complexity index is 1400. The number of sulfonamides is 1. The van der Waals surface area contributed by atoms with Crippen LogP contribution in [0.1, 0.15) is 43.9 Å². The van der Waals surface area contributed by atoms with Gasteiger partial charge < -0.3 is 10.2 Å². The molecule has 0 spiro atoms. The van der Waals surface area contributed by atoms with Crippen LogP contribution in [0.2, 0.25) is 0 Å².